The smallest absolute Gasteiger partial charge is 0.0166 e. The highest BCUT2D eigenvalue weighted by atomic mass is 14.9. The SMILES string of the molecule is C=C(CCCCCCCC)NCC(C)C. The molecule has 15 heavy (non-hydrogen) atoms. The van der Waals surface area contributed by atoms with Crippen molar-refractivity contribution in [3.63, 3.8) is 0 Å². The van der Waals surface area contributed by atoms with Gasteiger partial charge in [0, 0.05) is 12.2 Å². The summed E-state index contributed by atoms with van der Waals surface area (Å²) in [4.78, 5) is 0. The van der Waals surface area contributed by atoms with E-state index in [0.717, 1.165) is 13.0 Å². The highest BCUT2D eigenvalue weighted by Gasteiger charge is 1.96. The van der Waals surface area contributed by atoms with E-state index in [1.807, 2.05) is 0 Å². The second-order valence-corrected chi connectivity index (χ2v) is 4.90. The lowest BCUT2D eigenvalue weighted by molar-refractivity contribution is 0.563. The summed E-state index contributed by atoms with van der Waals surface area (Å²) in [7, 11) is 0. The van der Waals surface area contributed by atoms with E-state index in [-0.39, 0.29) is 0 Å². The quantitative estimate of drug-likeness (QED) is 0.525. The van der Waals surface area contributed by atoms with Crippen LogP contribution in [0.5, 0.6) is 0 Å². The molecule has 0 atom stereocenters. The van der Waals surface area contributed by atoms with Crippen LogP contribution in [-0.4, -0.2) is 6.54 Å². The molecule has 0 aromatic carbocycles. The van der Waals surface area contributed by atoms with Gasteiger partial charge in [-0.1, -0.05) is 59.5 Å². The average Bonchev–Trinajstić information content (AvgIpc) is 2.20. The maximum atomic E-state index is 4.05. The van der Waals surface area contributed by atoms with Crippen LogP contribution in [0.25, 0.3) is 0 Å². The molecule has 1 N–H and O–H groups in total. The molecule has 0 saturated carbocycles. The van der Waals surface area contributed by atoms with E-state index >= 15 is 0 Å². The lowest BCUT2D eigenvalue weighted by Gasteiger charge is -2.11. The first-order valence-electron chi connectivity index (χ1n) is 6.58. The van der Waals surface area contributed by atoms with Gasteiger partial charge in [-0.2, -0.15) is 0 Å². The molecule has 0 bridgehead atoms. The number of hydrogen-bond donors (Lipinski definition) is 1. The highest BCUT2D eigenvalue weighted by Crippen LogP contribution is 2.09. The molecular formula is C14H29N. The van der Waals surface area contributed by atoms with Crippen LogP contribution in [0.15, 0.2) is 12.3 Å². The second-order valence-electron chi connectivity index (χ2n) is 4.90. The number of hydrogen-bond acceptors (Lipinski definition) is 1. The van der Waals surface area contributed by atoms with Gasteiger partial charge in [-0.25, -0.2) is 0 Å². The second kappa shape index (κ2) is 10.1. The van der Waals surface area contributed by atoms with Gasteiger partial charge in [0.15, 0.2) is 0 Å². The molecule has 0 aromatic rings. The minimum Gasteiger partial charge on any atom is -0.389 e. The fourth-order valence-electron chi connectivity index (χ4n) is 1.56. The van der Waals surface area contributed by atoms with Crippen molar-refractivity contribution in [1.82, 2.24) is 5.32 Å². The van der Waals surface area contributed by atoms with Gasteiger partial charge in [-0.05, 0) is 18.8 Å². The summed E-state index contributed by atoms with van der Waals surface area (Å²) >= 11 is 0. The maximum Gasteiger partial charge on any atom is 0.0166 e. The first kappa shape index (κ1) is 14.5. The van der Waals surface area contributed by atoms with Crippen molar-refractivity contribution in [2.75, 3.05) is 6.54 Å². The van der Waals surface area contributed by atoms with Crippen molar-refractivity contribution in [3.8, 4) is 0 Å². The highest BCUT2D eigenvalue weighted by molar-refractivity contribution is 4.90. The molecule has 0 heterocycles. The summed E-state index contributed by atoms with van der Waals surface area (Å²) in [5.74, 6) is 0.714. The van der Waals surface area contributed by atoms with Crippen LogP contribution in [0, 0.1) is 5.92 Å². The Hall–Kier alpha value is -0.460. The molecule has 0 radical (unpaired) electrons. The van der Waals surface area contributed by atoms with Gasteiger partial charge in [0.1, 0.15) is 0 Å². The Morgan fingerprint density at radius 3 is 2.27 bits per heavy atom. The Morgan fingerprint density at radius 1 is 1.07 bits per heavy atom. The minimum atomic E-state index is 0.714. The molecule has 1 heteroatoms. The Bertz CT molecular complexity index is 149. The molecular weight excluding hydrogens is 182 g/mol. The van der Waals surface area contributed by atoms with Crippen LogP contribution >= 0.6 is 0 Å². The summed E-state index contributed by atoms with van der Waals surface area (Å²) in [6, 6.07) is 0. The van der Waals surface area contributed by atoms with Gasteiger partial charge >= 0.3 is 0 Å². The third-order valence-electron chi connectivity index (χ3n) is 2.59. The van der Waals surface area contributed by atoms with Crippen molar-refractivity contribution < 1.29 is 0 Å². The monoisotopic (exact) mass is 211 g/mol. The zero-order valence-electron chi connectivity index (χ0n) is 10.9. The fourth-order valence-corrected chi connectivity index (χ4v) is 1.56. The Labute approximate surface area is 96.3 Å². The number of unbranched alkanes of at least 4 members (excludes halogenated alkanes) is 5. The standard InChI is InChI=1S/C14H29N/c1-5-6-7-8-9-10-11-14(4)15-12-13(2)3/h13,15H,4-12H2,1-3H3. The number of rotatable bonds is 10. The van der Waals surface area contributed by atoms with Gasteiger partial charge in [0.25, 0.3) is 0 Å². The van der Waals surface area contributed by atoms with Crippen LogP contribution in [0.4, 0.5) is 0 Å². The minimum absolute atomic E-state index is 0.714. The van der Waals surface area contributed by atoms with Crippen molar-refractivity contribution >= 4 is 0 Å². The molecule has 0 fully saturated rings. The van der Waals surface area contributed by atoms with E-state index in [9.17, 15) is 0 Å². The van der Waals surface area contributed by atoms with E-state index in [1.54, 1.807) is 0 Å². The van der Waals surface area contributed by atoms with E-state index in [0.29, 0.717) is 5.92 Å². The van der Waals surface area contributed by atoms with Gasteiger partial charge in [0.2, 0.25) is 0 Å². The van der Waals surface area contributed by atoms with E-state index < -0.39 is 0 Å². The third-order valence-corrected chi connectivity index (χ3v) is 2.59. The zero-order chi connectivity index (χ0) is 11.5. The molecule has 0 aliphatic rings. The first-order valence-corrected chi connectivity index (χ1v) is 6.58. The molecule has 0 amide bonds. The molecule has 0 saturated heterocycles. The lowest BCUT2D eigenvalue weighted by Crippen LogP contribution is -2.18. The van der Waals surface area contributed by atoms with Crippen LogP contribution < -0.4 is 5.32 Å². The Kier molecular flexibility index (Phi) is 9.76. The molecule has 0 aliphatic carbocycles. The number of allylic oxidation sites excluding steroid dienone is 1. The van der Waals surface area contributed by atoms with Crippen molar-refractivity contribution in [1.29, 1.82) is 0 Å². The predicted molar refractivity (Wildman–Crippen MR) is 70.0 cm³/mol. The summed E-state index contributed by atoms with van der Waals surface area (Å²) in [6.07, 6.45) is 9.35. The molecule has 1 nitrogen and oxygen atoms in total. The molecule has 0 spiro atoms. The molecule has 0 aromatic heterocycles. The van der Waals surface area contributed by atoms with Gasteiger partial charge in [-0.15, -0.1) is 0 Å². The topological polar surface area (TPSA) is 12.0 Å². The van der Waals surface area contributed by atoms with E-state index in [1.165, 1.54) is 44.2 Å². The Morgan fingerprint density at radius 2 is 1.67 bits per heavy atom. The molecule has 0 unspecified atom stereocenters. The molecule has 0 rings (SSSR count). The fraction of sp³-hybridized carbons (Fsp3) is 0.857. The largest absolute Gasteiger partial charge is 0.389 e. The summed E-state index contributed by atoms with van der Waals surface area (Å²) in [5.41, 5.74) is 1.22. The molecule has 90 valence electrons. The first-order chi connectivity index (χ1) is 7.16. The van der Waals surface area contributed by atoms with Crippen molar-refractivity contribution in [2.24, 2.45) is 5.92 Å². The average molecular weight is 211 g/mol. The van der Waals surface area contributed by atoms with Crippen LogP contribution in [-0.2, 0) is 0 Å². The predicted octanol–water partition coefficient (Wildman–Crippen LogP) is 4.50. The summed E-state index contributed by atoms with van der Waals surface area (Å²) in [6.45, 7) is 11.8. The van der Waals surface area contributed by atoms with Gasteiger partial charge < -0.3 is 5.32 Å². The normalized spacial score (nSPS) is 10.7. The van der Waals surface area contributed by atoms with Crippen LogP contribution in [0.2, 0.25) is 0 Å². The van der Waals surface area contributed by atoms with Gasteiger partial charge in [0.05, 0.1) is 0 Å². The third kappa shape index (κ3) is 11.5. The van der Waals surface area contributed by atoms with Crippen LogP contribution in [0.3, 0.4) is 0 Å². The van der Waals surface area contributed by atoms with E-state index in [2.05, 4.69) is 32.7 Å². The van der Waals surface area contributed by atoms with Crippen LogP contribution in [0.1, 0.15) is 65.7 Å². The van der Waals surface area contributed by atoms with E-state index in [4.69, 9.17) is 0 Å². The summed E-state index contributed by atoms with van der Waals surface area (Å²) in [5, 5.41) is 3.39. The molecule has 0 aliphatic heterocycles. The van der Waals surface area contributed by atoms with Crippen molar-refractivity contribution in [3.05, 3.63) is 12.3 Å². The lowest BCUT2D eigenvalue weighted by atomic mass is 10.1. The van der Waals surface area contributed by atoms with Crippen molar-refractivity contribution in [2.45, 2.75) is 65.7 Å². The number of nitrogens with one attached hydrogen (secondary N) is 1. The summed E-state index contributed by atoms with van der Waals surface area (Å²) < 4.78 is 0. The van der Waals surface area contributed by atoms with Gasteiger partial charge in [-0.3, -0.25) is 0 Å². The maximum absolute atomic E-state index is 4.05. The Balaban J connectivity index is 3.17. The zero-order valence-corrected chi connectivity index (χ0v) is 10.9.